The van der Waals surface area contributed by atoms with Crippen molar-refractivity contribution in [3.8, 4) is 0 Å². The molecule has 4 atom stereocenters. The van der Waals surface area contributed by atoms with Gasteiger partial charge in [0.05, 0.1) is 35.1 Å². The van der Waals surface area contributed by atoms with Crippen LogP contribution in [0.5, 0.6) is 0 Å². The smallest absolute Gasteiger partial charge is 0.371 e. The molecule has 2 fully saturated rings. The summed E-state index contributed by atoms with van der Waals surface area (Å²) < 4.78 is 87.6. The number of hydrogen-bond acceptors (Lipinski definition) is 4. The van der Waals surface area contributed by atoms with Crippen LogP contribution in [0, 0.1) is 0 Å². The summed E-state index contributed by atoms with van der Waals surface area (Å²) in [5, 5.41) is 12.0. The maximum atomic E-state index is 13.3. The molecule has 2 bridgehead atoms. The molecule has 0 saturated carbocycles. The molecule has 0 aliphatic carbocycles. The second-order valence-electron chi connectivity index (χ2n) is 9.51. The summed E-state index contributed by atoms with van der Waals surface area (Å²) in [5.41, 5.74) is -1.75. The third kappa shape index (κ3) is 4.61. The van der Waals surface area contributed by atoms with E-state index >= 15 is 0 Å². The van der Waals surface area contributed by atoms with Crippen molar-refractivity contribution in [3.63, 3.8) is 0 Å². The molecule has 11 heteroatoms. The first-order chi connectivity index (χ1) is 17.0. The fraction of sp³-hybridized carbons (Fsp3) is 0.440. The van der Waals surface area contributed by atoms with Crippen LogP contribution in [0.25, 0.3) is 0 Å². The molecule has 2 aliphatic heterocycles. The van der Waals surface area contributed by atoms with Gasteiger partial charge in [0.15, 0.2) is 0 Å². The summed E-state index contributed by atoms with van der Waals surface area (Å²) in [6.07, 6.45) is -6.50. The van der Waals surface area contributed by atoms with E-state index in [0.29, 0.717) is 12.8 Å². The van der Waals surface area contributed by atoms with Gasteiger partial charge in [0, 0.05) is 25.2 Å². The van der Waals surface area contributed by atoms with E-state index < -0.39 is 35.1 Å². The van der Waals surface area contributed by atoms with Crippen molar-refractivity contribution in [1.82, 2.24) is 20.3 Å². The number of rotatable bonds is 5. The fourth-order valence-electron chi connectivity index (χ4n) is 5.55. The predicted octanol–water partition coefficient (Wildman–Crippen LogP) is 5.57. The Labute approximate surface area is 203 Å². The molecule has 5 rings (SSSR count). The summed E-state index contributed by atoms with van der Waals surface area (Å²) in [6, 6.07) is 11.2. The van der Waals surface area contributed by atoms with E-state index in [-0.39, 0.29) is 30.2 Å². The SMILES string of the molecule is Cn1cc(C2CC3(c4ccccc4)NC2CCC3OCc2cc(C(F)(F)F)cc(C(F)(F)F)c2)nn1. The Bertz CT molecular complexity index is 1190. The second-order valence-corrected chi connectivity index (χ2v) is 9.51. The topological polar surface area (TPSA) is 52.0 Å². The lowest BCUT2D eigenvalue weighted by Gasteiger charge is -2.42. The number of hydrogen-bond donors (Lipinski definition) is 1. The van der Waals surface area contributed by atoms with Gasteiger partial charge in [-0.1, -0.05) is 35.5 Å². The molecular weight excluding hydrogens is 486 g/mol. The van der Waals surface area contributed by atoms with Gasteiger partial charge in [-0.3, -0.25) is 4.68 Å². The van der Waals surface area contributed by atoms with E-state index in [1.54, 1.807) is 11.7 Å². The molecule has 1 aromatic heterocycles. The van der Waals surface area contributed by atoms with Gasteiger partial charge < -0.3 is 10.1 Å². The number of ether oxygens (including phenoxy) is 1. The lowest BCUT2D eigenvalue weighted by Crippen LogP contribution is -2.54. The highest BCUT2D eigenvalue weighted by Gasteiger charge is 2.55. The second kappa shape index (κ2) is 8.88. The molecule has 4 unspecified atom stereocenters. The minimum Gasteiger partial charge on any atom is -0.371 e. The Morgan fingerprint density at radius 2 is 1.67 bits per heavy atom. The summed E-state index contributed by atoms with van der Waals surface area (Å²) in [7, 11) is 1.79. The minimum absolute atomic E-state index is 0.0397. The zero-order chi connectivity index (χ0) is 25.7. The maximum absolute atomic E-state index is 13.3. The lowest BCUT2D eigenvalue weighted by atomic mass is 9.79. The van der Waals surface area contributed by atoms with E-state index in [0.717, 1.165) is 29.8 Å². The van der Waals surface area contributed by atoms with E-state index in [9.17, 15) is 26.3 Å². The number of piperidine rings is 1. The van der Waals surface area contributed by atoms with Crippen LogP contribution in [0.15, 0.2) is 54.7 Å². The van der Waals surface area contributed by atoms with Crippen molar-refractivity contribution < 1.29 is 31.1 Å². The van der Waals surface area contributed by atoms with Crippen molar-refractivity contribution >= 4 is 0 Å². The number of aromatic nitrogens is 3. The van der Waals surface area contributed by atoms with Crippen LogP contribution in [0.4, 0.5) is 26.3 Å². The van der Waals surface area contributed by atoms with Gasteiger partial charge in [-0.15, -0.1) is 5.10 Å². The number of alkyl halides is 6. The highest BCUT2D eigenvalue weighted by molar-refractivity contribution is 5.35. The third-order valence-electron chi connectivity index (χ3n) is 7.15. The van der Waals surface area contributed by atoms with Gasteiger partial charge in [0.2, 0.25) is 0 Å². The third-order valence-corrected chi connectivity index (χ3v) is 7.15. The Morgan fingerprint density at radius 1 is 1.00 bits per heavy atom. The number of fused-ring (bicyclic) bond motifs is 2. The van der Waals surface area contributed by atoms with Crippen molar-refractivity contribution in [2.45, 2.75) is 61.8 Å². The molecule has 0 amide bonds. The first-order valence-corrected chi connectivity index (χ1v) is 11.5. The van der Waals surface area contributed by atoms with Crippen LogP contribution >= 0.6 is 0 Å². The normalized spacial score (nSPS) is 26.4. The van der Waals surface area contributed by atoms with Crippen LogP contribution in [0.2, 0.25) is 0 Å². The highest BCUT2D eigenvalue weighted by Crippen LogP contribution is 2.50. The van der Waals surface area contributed by atoms with Crippen LogP contribution in [0.1, 0.15) is 53.1 Å². The summed E-state index contributed by atoms with van der Waals surface area (Å²) in [6.45, 7) is -0.381. The minimum atomic E-state index is -4.91. The number of nitrogens with zero attached hydrogens (tertiary/aromatic N) is 3. The first-order valence-electron chi connectivity index (χ1n) is 11.5. The molecule has 3 aromatic rings. The lowest BCUT2D eigenvalue weighted by molar-refractivity contribution is -0.143. The van der Waals surface area contributed by atoms with Gasteiger partial charge in [-0.2, -0.15) is 26.3 Å². The van der Waals surface area contributed by atoms with Gasteiger partial charge in [0.25, 0.3) is 0 Å². The standard InChI is InChI=1S/C25H24F6N4O/c1-35-13-21(33-34-35)19-12-23(16-5-3-2-4-6-16)22(8-7-20(19)32-23)36-14-15-9-17(24(26,27)28)11-18(10-15)25(29,30)31/h2-6,9-11,13,19-20,22,32H,7-8,12,14H2,1H3. The number of benzene rings is 2. The fourth-order valence-corrected chi connectivity index (χ4v) is 5.55. The molecule has 2 saturated heterocycles. The Kier molecular flexibility index (Phi) is 6.11. The molecule has 2 aliphatic rings. The monoisotopic (exact) mass is 510 g/mol. The molecule has 36 heavy (non-hydrogen) atoms. The Balaban J connectivity index is 1.46. The number of nitrogens with one attached hydrogen (secondary N) is 1. The van der Waals surface area contributed by atoms with E-state index in [2.05, 4.69) is 15.6 Å². The molecule has 0 spiro atoms. The summed E-state index contributed by atoms with van der Waals surface area (Å²) in [5.74, 6) is 0.0397. The maximum Gasteiger partial charge on any atom is 0.416 e. The molecule has 2 aromatic carbocycles. The van der Waals surface area contributed by atoms with Gasteiger partial charge >= 0.3 is 12.4 Å². The predicted molar refractivity (Wildman–Crippen MR) is 118 cm³/mol. The largest absolute Gasteiger partial charge is 0.416 e. The van der Waals surface area contributed by atoms with Crippen molar-refractivity contribution in [2.75, 3.05) is 0 Å². The number of aryl methyl sites for hydroxylation is 1. The quantitative estimate of drug-likeness (QED) is 0.456. The van der Waals surface area contributed by atoms with Crippen molar-refractivity contribution in [2.24, 2.45) is 7.05 Å². The van der Waals surface area contributed by atoms with Crippen LogP contribution < -0.4 is 5.32 Å². The van der Waals surface area contributed by atoms with E-state index in [1.807, 2.05) is 36.5 Å². The molecule has 192 valence electrons. The molecule has 0 radical (unpaired) electrons. The van der Waals surface area contributed by atoms with Gasteiger partial charge in [-0.25, -0.2) is 0 Å². The Morgan fingerprint density at radius 3 is 2.25 bits per heavy atom. The molecule has 1 N–H and O–H groups in total. The van der Waals surface area contributed by atoms with Gasteiger partial charge in [-0.05, 0) is 48.6 Å². The average molecular weight is 510 g/mol. The van der Waals surface area contributed by atoms with Crippen LogP contribution in [0.3, 0.4) is 0 Å². The van der Waals surface area contributed by atoms with Crippen LogP contribution in [-0.2, 0) is 36.3 Å². The molecular formula is C25H24F6N4O. The highest BCUT2D eigenvalue weighted by atomic mass is 19.4. The average Bonchev–Trinajstić information content (AvgIpc) is 3.39. The van der Waals surface area contributed by atoms with E-state index in [1.165, 1.54) is 0 Å². The number of halogens is 6. The first kappa shape index (κ1) is 24.8. The molecule has 3 heterocycles. The van der Waals surface area contributed by atoms with Crippen LogP contribution in [-0.4, -0.2) is 27.1 Å². The van der Waals surface area contributed by atoms with E-state index in [4.69, 9.17) is 4.74 Å². The van der Waals surface area contributed by atoms with Crippen molar-refractivity contribution in [3.05, 3.63) is 82.7 Å². The summed E-state index contributed by atoms with van der Waals surface area (Å²) >= 11 is 0. The van der Waals surface area contributed by atoms with Gasteiger partial charge in [0.1, 0.15) is 0 Å². The Hall–Kier alpha value is -2.92. The molecule has 5 nitrogen and oxygen atoms in total. The zero-order valence-electron chi connectivity index (χ0n) is 19.3. The van der Waals surface area contributed by atoms with Crippen molar-refractivity contribution in [1.29, 1.82) is 0 Å². The zero-order valence-corrected chi connectivity index (χ0v) is 19.3. The summed E-state index contributed by atoms with van der Waals surface area (Å²) in [4.78, 5) is 0.